The van der Waals surface area contributed by atoms with Crippen LogP contribution < -0.4 is 5.32 Å². The average molecular weight is 316 g/mol. The maximum absolute atomic E-state index is 11.7. The number of thiophene rings is 1. The number of alkyl halides is 1. The van der Waals surface area contributed by atoms with Crippen molar-refractivity contribution >= 4 is 33.2 Å². The van der Waals surface area contributed by atoms with E-state index in [0.717, 1.165) is 11.4 Å². The van der Waals surface area contributed by atoms with Gasteiger partial charge in [0.1, 0.15) is 0 Å². The third-order valence-electron chi connectivity index (χ3n) is 3.28. The lowest BCUT2D eigenvalue weighted by molar-refractivity contribution is -0.120. The molecule has 1 amide bonds. The van der Waals surface area contributed by atoms with Crippen molar-refractivity contribution in [1.29, 1.82) is 0 Å². The van der Waals surface area contributed by atoms with Gasteiger partial charge in [-0.05, 0) is 43.0 Å². The van der Waals surface area contributed by atoms with Gasteiger partial charge in [0, 0.05) is 16.2 Å². The minimum absolute atomic E-state index is 0.161. The first-order chi connectivity index (χ1) is 8.24. The van der Waals surface area contributed by atoms with Gasteiger partial charge in [0.2, 0.25) is 5.91 Å². The fraction of sp³-hybridized carbons (Fsp3) is 0.615. The Bertz CT molecular complexity index is 344. The summed E-state index contributed by atoms with van der Waals surface area (Å²) in [5.74, 6) is 0.838. The van der Waals surface area contributed by atoms with E-state index in [1.165, 1.54) is 25.7 Å². The average Bonchev–Trinajstić information content (AvgIpc) is 2.81. The summed E-state index contributed by atoms with van der Waals surface area (Å²) in [5.41, 5.74) is 0. The molecule has 1 N–H and O–H groups in total. The molecule has 1 fully saturated rings. The van der Waals surface area contributed by atoms with Gasteiger partial charge in [-0.15, -0.1) is 11.3 Å². The molecule has 1 heterocycles. The van der Waals surface area contributed by atoms with Crippen molar-refractivity contribution in [2.24, 2.45) is 5.92 Å². The highest BCUT2D eigenvalue weighted by molar-refractivity contribution is 9.09. The van der Waals surface area contributed by atoms with Crippen LogP contribution in [0.15, 0.2) is 17.5 Å². The summed E-state index contributed by atoms with van der Waals surface area (Å²) in [5, 5.41) is 5.07. The van der Waals surface area contributed by atoms with Gasteiger partial charge in [-0.25, -0.2) is 0 Å². The topological polar surface area (TPSA) is 29.1 Å². The van der Waals surface area contributed by atoms with Gasteiger partial charge in [-0.1, -0.05) is 22.0 Å². The van der Waals surface area contributed by atoms with E-state index in [0.29, 0.717) is 17.2 Å². The molecule has 0 unspecified atom stereocenters. The lowest BCUT2D eigenvalue weighted by Crippen LogP contribution is -2.32. The van der Waals surface area contributed by atoms with Gasteiger partial charge in [0.05, 0.1) is 6.42 Å². The lowest BCUT2D eigenvalue weighted by Gasteiger charge is -2.25. The Balaban J connectivity index is 1.66. The second kappa shape index (κ2) is 6.55. The minimum atomic E-state index is 0.161. The zero-order valence-corrected chi connectivity index (χ0v) is 12.2. The number of hydrogen-bond donors (Lipinski definition) is 1. The Hall–Kier alpha value is -0.350. The standard InChI is InChI=1S/C13H18BrNOS/c14-11-5-3-10(4-6-11)9-15-13(16)8-12-2-1-7-17-12/h1-2,7,10-11H,3-6,8-9H2,(H,15,16). The van der Waals surface area contributed by atoms with Crippen LogP contribution in [-0.2, 0) is 11.2 Å². The Morgan fingerprint density at radius 3 is 2.82 bits per heavy atom. The number of carbonyl (C=O) groups is 1. The maximum Gasteiger partial charge on any atom is 0.225 e. The molecule has 4 heteroatoms. The predicted molar refractivity (Wildman–Crippen MR) is 75.7 cm³/mol. The van der Waals surface area contributed by atoms with Crippen LogP contribution in [0.1, 0.15) is 30.6 Å². The fourth-order valence-corrected chi connectivity index (χ4v) is 3.45. The van der Waals surface area contributed by atoms with Crippen LogP contribution in [0.4, 0.5) is 0 Å². The molecule has 94 valence electrons. The first-order valence-electron chi connectivity index (χ1n) is 6.17. The molecule has 1 aliphatic carbocycles. The fourth-order valence-electron chi connectivity index (χ4n) is 2.22. The van der Waals surface area contributed by atoms with Crippen LogP contribution in [-0.4, -0.2) is 17.3 Å². The maximum atomic E-state index is 11.7. The van der Waals surface area contributed by atoms with Crippen molar-refractivity contribution in [3.05, 3.63) is 22.4 Å². The van der Waals surface area contributed by atoms with Gasteiger partial charge >= 0.3 is 0 Å². The van der Waals surface area contributed by atoms with Crippen LogP contribution in [0.3, 0.4) is 0 Å². The number of rotatable bonds is 4. The van der Waals surface area contributed by atoms with Crippen molar-refractivity contribution in [3.8, 4) is 0 Å². The molecule has 2 nitrogen and oxygen atoms in total. The largest absolute Gasteiger partial charge is 0.356 e. The second-order valence-corrected chi connectivity index (χ2v) is 7.01. The molecule has 1 aliphatic rings. The van der Waals surface area contributed by atoms with E-state index in [1.54, 1.807) is 11.3 Å². The molecule has 17 heavy (non-hydrogen) atoms. The molecule has 1 aromatic heterocycles. The SMILES string of the molecule is O=C(Cc1cccs1)NCC1CCC(Br)CC1. The Labute approximate surface area is 115 Å². The van der Waals surface area contributed by atoms with Crippen molar-refractivity contribution in [1.82, 2.24) is 5.32 Å². The van der Waals surface area contributed by atoms with Crippen LogP contribution in [0.2, 0.25) is 0 Å². The summed E-state index contributed by atoms with van der Waals surface area (Å²) < 4.78 is 0. The van der Waals surface area contributed by atoms with E-state index in [2.05, 4.69) is 21.2 Å². The molecular formula is C13H18BrNOS. The Morgan fingerprint density at radius 1 is 1.41 bits per heavy atom. The first kappa shape index (κ1) is 13.1. The van der Waals surface area contributed by atoms with Gasteiger partial charge in [-0.3, -0.25) is 4.79 Å². The zero-order chi connectivity index (χ0) is 12.1. The normalized spacial score (nSPS) is 24.5. The third kappa shape index (κ3) is 4.43. The Morgan fingerprint density at radius 2 is 2.18 bits per heavy atom. The molecule has 0 atom stereocenters. The molecule has 0 aliphatic heterocycles. The molecule has 0 saturated heterocycles. The summed E-state index contributed by atoms with van der Waals surface area (Å²) in [6, 6.07) is 4.00. The van der Waals surface area contributed by atoms with Gasteiger partial charge < -0.3 is 5.32 Å². The summed E-state index contributed by atoms with van der Waals surface area (Å²) in [7, 11) is 0. The number of amides is 1. The van der Waals surface area contributed by atoms with Crippen molar-refractivity contribution in [2.45, 2.75) is 36.9 Å². The van der Waals surface area contributed by atoms with Crippen LogP contribution in [0, 0.1) is 5.92 Å². The molecular weight excluding hydrogens is 298 g/mol. The van der Waals surface area contributed by atoms with Crippen molar-refractivity contribution in [3.63, 3.8) is 0 Å². The molecule has 1 saturated carbocycles. The smallest absolute Gasteiger partial charge is 0.225 e. The number of halogens is 1. The van der Waals surface area contributed by atoms with Crippen molar-refractivity contribution < 1.29 is 4.79 Å². The molecule has 0 aromatic carbocycles. The highest BCUT2D eigenvalue weighted by atomic mass is 79.9. The number of carbonyl (C=O) groups excluding carboxylic acids is 1. The number of hydrogen-bond acceptors (Lipinski definition) is 2. The van der Waals surface area contributed by atoms with E-state index in [-0.39, 0.29) is 5.91 Å². The zero-order valence-electron chi connectivity index (χ0n) is 9.82. The predicted octanol–water partition coefficient (Wildman–Crippen LogP) is 3.36. The monoisotopic (exact) mass is 315 g/mol. The quantitative estimate of drug-likeness (QED) is 0.848. The van der Waals surface area contributed by atoms with Gasteiger partial charge in [0.15, 0.2) is 0 Å². The summed E-state index contributed by atoms with van der Waals surface area (Å²) in [6.45, 7) is 0.851. The molecule has 0 spiro atoms. The van der Waals surface area contributed by atoms with E-state index in [4.69, 9.17) is 0 Å². The summed E-state index contributed by atoms with van der Waals surface area (Å²) in [4.78, 5) is 13.5. The highest BCUT2D eigenvalue weighted by Crippen LogP contribution is 2.28. The van der Waals surface area contributed by atoms with Crippen LogP contribution >= 0.6 is 27.3 Å². The van der Waals surface area contributed by atoms with Gasteiger partial charge in [-0.2, -0.15) is 0 Å². The third-order valence-corrected chi connectivity index (χ3v) is 5.07. The lowest BCUT2D eigenvalue weighted by atomic mass is 9.89. The summed E-state index contributed by atoms with van der Waals surface area (Å²) >= 11 is 5.30. The summed E-state index contributed by atoms with van der Waals surface area (Å²) in [6.07, 6.45) is 5.48. The molecule has 2 rings (SSSR count). The van der Waals surface area contributed by atoms with E-state index in [9.17, 15) is 4.79 Å². The van der Waals surface area contributed by atoms with E-state index < -0.39 is 0 Å². The van der Waals surface area contributed by atoms with E-state index in [1.807, 2.05) is 17.5 Å². The highest BCUT2D eigenvalue weighted by Gasteiger charge is 2.19. The minimum Gasteiger partial charge on any atom is -0.356 e. The van der Waals surface area contributed by atoms with Gasteiger partial charge in [0.25, 0.3) is 0 Å². The van der Waals surface area contributed by atoms with Crippen LogP contribution in [0.5, 0.6) is 0 Å². The molecule has 1 aromatic rings. The number of nitrogens with one attached hydrogen (secondary N) is 1. The first-order valence-corrected chi connectivity index (χ1v) is 7.96. The van der Waals surface area contributed by atoms with Crippen LogP contribution in [0.25, 0.3) is 0 Å². The molecule has 0 bridgehead atoms. The Kier molecular flexibility index (Phi) is 5.04. The second-order valence-electron chi connectivity index (χ2n) is 4.68. The molecule has 0 radical (unpaired) electrons. The van der Waals surface area contributed by atoms with E-state index >= 15 is 0 Å². The van der Waals surface area contributed by atoms with Crippen molar-refractivity contribution in [2.75, 3.05) is 6.54 Å².